The lowest BCUT2D eigenvalue weighted by Gasteiger charge is -2.22. The molecule has 2 heterocycles. The van der Waals surface area contributed by atoms with E-state index in [0.29, 0.717) is 5.82 Å². The van der Waals surface area contributed by atoms with Crippen LogP contribution < -0.4 is 0 Å². The molecule has 0 aliphatic heterocycles. The third-order valence-corrected chi connectivity index (χ3v) is 12.7. The number of pyridine rings is 1. The van der Waals surface area contributed by atoms with Crippen LogP contribution in [0.5, 0.6) is 5.75 Å². The van der Waals surface area contributed by atoms with E-state index in [-0.39, 0.29) is 23.0 Å². The van der Waals surface area contributed by atoms with Crippen molar-refractivity contribution in [3.8, 4) is 78.6 Å². The Morgan fingerprint density at radius 2 is 1.20 bits per heavy atom. The van der Waals surface area contributed by atoms with Crippen molar-refractivity contribution in [2.24, 2.45) is 0 Å². The fourth-order valence-electron chi connectivity index (χ4n) is 8.92. The number of aromatic nitrogens is 3. The molecule has 0 saturated carbocycles. The molecule has 0 spiro atoms. The number of hydrogen-bond donors (Lipinski definition) is 1. The van der Waals surface area contributed by atoms with E-state index in [0.717, 1.165) is 89.2 Å². The minimum atomic E-state index is -0.144. The summed E-state index contributed by atoms with van der Waals surface area (Å²) in [4.78, 5) is 10.7. The van der Waals surface area contributed by atoms with Gasteiger partial charge in [0.05, 0.1) is 28.0 Å². The molecule has 4 nitrogen and oxygen atoms in total. The van der Waals surface area contributed by atoms with Crippen LogP contribution in [0.15, 0.2) is 164 Å². The van der Waals surface area contributed by atoms with Gasteiger partial charge in [-0.2, -0.15) is 0 Å². The SMILES string of the molecule is Cc1ccc(-c2ccnc(-c3cc(-c4cccc5c4nc(-c4cc(C(C)C)cc(C(C)C)c4O)n5-c4cc(-c5ccccc5)c(C)cc4-c4ccccc4)cc(C(C)(C)C)c3)c2)cc1. The Bertz CT molecular complexity index is 3150. The number of aromatic hydroxyl groups is 1. The number of phenolic OH excluding ortho intramolecular Hbond substituents is 1. The van der Waals surface area contributed by atoms with Gasteiger partial charge in [-0.05, 0) is 135 Å². The highest BCUT2D eigenvalue weighted by molar-refractivity contribution is 5.98. The Morgan fingerprint density at radius 3 is 1.86 bits per heavy atom. The fourth-order valence-corrected chi connectivity index (χ4v) is 8.92. The second-order valence-electron chi connectivity index (χ2n) is 19.0. The van der Waals surface area contributed by atoms with Crippen LogP contribution >= 0.6 is 0 Å². The zero-order chi connectivity index (χ0) is 44.9. The number of imidazole rings is 1. The zero-order valence-corrected chi connectivity index (χ0v) is 38.5. The van der Waals surface area contributed by atoms with E-state index >= 15 is 0 Å². The molecule has 9 aromatic rings. The normalized spacial score (nSPS) is 11.9. The van der Waals surface area contributed by atoms with Gasteiger partial charge in [-0.3, -0.25) is 9.55 Å². The first-order valence-electron chi connectivity index (χ1n) is 22.6. The molecule has 0 amide bonds. The van der Waals surface area contributed by atoms with Gasteiger partial charge in [0.25, 0.3) is 0 Å². The van der Waals surface area contributed by atoms with E-state index in [2.05, 4.69) is 225 Å². The Kier molecular flexibility index (Phi) is 11.2. The third kappa shape index (κ3) is 8.05. The van der Waals surface area contributed by atoms with Crippen molar-refractivity contribution in [3.63, 3.8) is 0 Å². The number of benzene rings is 7. The van der Waals surface area contributed by atoms with Gasteiger partial charge in [-0.15, -0.1) is 0 Å². The number of rotatable bonds is 9. The van der Waals surface area contributed by atoms with Crippen LogP contribution in [0.1, 0.15) is 88.1 Å². The highest BCUT2D eigenvalue weighted by Crippen LogP contribution is 2.45. The summed E-state index contributed by atoms with van der Waals surface area (Å²) in [5.74, 6) is 1.31. The van der Waals surface area contributed by atoms with Crippen LogP contribution in [-0.2, 0) is 5.41 Å². The summed E-state index contributed by atoms with van der Waals surface area (Å²) < 4.78 is 2.30. The van der Waals surface area contributed by atoms with Gasteiger partial charge in [-0.1, -0.05) is 163 Å². The van der Waals surface area contributed by atoms with Crippen molar-refractivity contribution in [2.75, 3.05) is 0 Å². The van der Waals surface area contributed by atoms with Crippen molar-refractivity contribution >= 4 is 11.0 Å². The van der Waals surface area contributed by atoms with E-state index in [9.17, 15) is 5.11 Å². The molecule has 0 unspecified atom stereocenters. The number of fused-ring (bicyclic) bond motifs is 1. The molecule has 7 aromatic carbocycles. The van der Waals surface area contributed by atoms with Gasteiger partial charge in [0, 0.05) is 22.9 Å². The summed E-state index contributed by atoms with van der Waals surface area (Å²) >= 11 is 0. The largest absolute Gasteiger partial charge is 0.507 e. The van der Waals surface area contributed by atoms with Crippen molar-refractivity contribution in [2.45, 2.75) is 79.6 Å². The highest BCUT2D eigenvalue weighted by atomic mass is 16.3. The molecule has 64 heavy (non-hydrogen) atoms. The molecule has 0 saturated heterocycles. The van der Waals surface area contributed by atoms with Crippen molar-refractivity contribution < 1.29 is 5.11 Å². The molecular weight excluding hydrogens is 779 g/mol. The van der Waals surface area contributed by atoms with Gasteiger partial charge < -0.3 is 5.11 Å². The van der Waals surface area contributed by atoms with Crippen LogP contribution in [0.3, 0.4) is 0 Å². The monoisotopic (exact) mass is 835 g/mol. The van der Waals surface area contributed by atoms with Crippen molar-refractivity contribution in [1.29, 1.82) is 0 Å². The minimum Gasteiger partial charge on any atom is -0.507 e. The predicted octanol–water partition coefficient (Wildman–Crippen LogP) is 16.3. The summed E-state index contributed by atoms with van der Waals surface area (Å²) in [6, 6.07) is 56.6. The molecule has 0 bridgehead atoms. The molecule has 2 aromatic heterocycles. The van der Waals surface area contributed by atoms with Crippen LogP contribution in [0.4, 0.5) is 0 Å². The molecule has 4 heteroatoms. The van der Waals surface area contributed by atoms with Gasteiger partial charge in [-0.25, -0.2) is 4.98 Å². The van der Waals surface area contributed by atoms with Crippen molar-refractivity contribution in [3.05, 3.63) is 192 Å². The molecule has 0 fully saturated rings. The summed E-state index contributed by atoms with van der Waals surface area (Å²) in [5, 5.41) is 12.4. The average molecular weight is 836 g/mol. The maximum atomic E-state index is 12.4. The third-order valence-electron chi connectivity index (χ3n) is 12.7. The zero-order valence-electron chi connectivity index (χ0n) is 38.5. The molecule has 318 valence electrons. The Hall–Kier alpha value is -7.04. The number of phenols is 1. The molecule has 9 rings (SSSR count). The fraction of sp³-hybridized carbons (Fsp3) is 0.200. The van der Waals surface area contributed by atoms with Crippen LogP contribution in [0.25, 0.3) is 83.9 Å². The maximum absolute atomic E-state index is 12.4. The van der Waals surface area contributed by atoms with Gasteiger partial charge in [0.15, 0.2) is 0 Å². The summed E-state index contributed by atoms with van der Waals surface area (Å²) in [6.07, 6.45) is 1.92. The highest BCUT2D eigenvalue weighted by Gasteiger charge is 2.26. The van der Waals surface area contributed by atoms with E-state index in [1.54, 1.807) is 0 Å². The molecule has 0 atom stereocenters. The first-order chi connectivity index (χ1) is 30.7. The smallest absolute Gasteiger partial charge is 0.149 e. The lowest BCUT2D eigenvalue weighted by Crippen LogP contribution is -2.11. The second kappa shape index (κ2) is 16.9. The number of aryl methyl sites for hydroxylation is 2. The predicted molar refractivity (Wildman–Crippen MR) is 269 cm³/mol. The second-order valence-corrected chi connectivity index (χ2v) is 19.0. The summed E-state index contributed by atoms with van der Waals surface area (Å²) in [7, 11) is 0. The quantitative estimate of drug-likeness (QED) is 0.158. The summed E-state index contributed by atoms with van der Waals surface area (Å²) in [6.45, 7) is 19.8. The number of nitrogens with zero attached hydrogens (tertiary/aromatic N) is 3. The van der Waals surface area contributed by atoms with Crippen LogP contribution in [-0.4, -0.2) is 19.6 Å². The van der Waals surface area contributed by atoms with Crippen LogP contribution in [0.2, 0.25) is 0 Å². The van der Waals surface area contributed by atoms with Gasteiger partial charge in [0.2, 0.25) is 0 Å². The average Bonchev–Trinajstić information content (AvgIpc) is 3.68. The maximum Gasteiger partial charge on any atom is 0.149 e. The lowest BCUT2D eigenvalue weighted by atomic mass is 9.83. The van der Waals surface area contributed by atoms with Gasteiger partial charge in [0.1, 0.15) is 11.6 Å². The number of para-hydroxylation sites is 1. The lowest BCUT2D eigenvalue weighted by molar-refractivity contribution is 0.466. The molecular formula is C60H57N3O. The first kappa shape index (κ1) is 42.3. The van der Waals surface area contributed by atoms with E-state index in [4.69, 9.17) is 9.97 Å². The molecule has 0 aliphatic rings. The van der Waals surface area contributed by atoms with E-state index < -0.39 is 0 Å². The summed E-state index contributed by atoms with van der Waals surface area (Å²) in [5.41, 5.74) is 19.9. The first-order valence-corrected chi connectivity index (χ1v) is 22.6. The Labute approximate surface area is 379 Å². The Balaban J connectivity index is 1.36. The topological polar surface area (TPSA) is 50.9 Å². The number of hydrogen-bond acceptors (Lipinski definition) is 3. The van der Waals surface area contributed by atoms with E-state index in [1.807, 2.05) is 6.20 Å². The van der Waals surface area contributed by atoms with Crippen LogP contribution in [0, 0.1) is 13.8 Å². The molecule has 0 radical (unpaired) electrons. The standard InChI is InChI=1S/C60H57N3O/c1-37(2)45-33-50(38(3)4)58(64)53(34-45)59-62-57-49(46-30-47(32-48(31-46)60(7,8)9)54-35-44(27-28-61-54)41-25-23-39(5)24-26-41)21-16-22-55(57)63(59)56-36-51(42-17-12-10-13-18-42)40(6)29-52(56)43-19-14-11-15-20-43/h10-38,64H,1-9H3. The molecule has 0 aliphatic carbocycles. The molecule has 1 N–H and O–H groups in total. The van der Waals surface area contributed by atoms with Gasteiger partial charge >= 0.3 is 0 Å². The van der Waals surface area contributed by atoms with E-state index in [1.165, 1.54) is 16.7 Å². The van der Waals surface area contributed by atoms with Crippen molar-refractivity contribution in [1.82, 2.24) is 14.5 Å². The minimum absolute atomic E-state index is 0.103. The Morgan fingerprint density at radius 1 is 0.531 bits per heavy atom.